The molecule has 0 saturated carbocycles. The molecule has 0 heterocycles. The number of hydrogen-bond donors (Lipinski definition) is 2. The zero-order chi connectivity index (χ0) is 7.82. The zero-order valence-electron chi connectivity index (χ0n) is 6.15. The first-order valence-corrected chi connectivity index (χ1v) is 4.01. The lowest BCUT2D eigenvalue weighted by atomic mass is 10.1. The molecule has 0 bridgehead atoms. The summed E-state index contributed by atoms with van der Waals surface area (Å²) in [5, 5.41) is 0. The highest BCUT2D eigenvalue weighted by Gasteiger charge is 2.01. The first-order valence-electron chi connectivity index (χ1n) is 3.48. The summed E-state index contributed by atoms with van der Waals surface area (Å²) in [6.45, 7) is 3.63. The van der Waals surface area contributed by atoms with Gasteiger partial charge in [0.2, 0.25) is 0 Å². The molecule has 0 aromatic rings. The minimum absolute atomic E-state index is 0.344. The molecule has 0 spiro atoms. The van der Waals surface area contributed by atoms with Gasteiger partial charge in [0.25, 0.3) is 0 Å². The van der Waals surface area contributed by atoms with Crippen LogP contribution in [0.15, 0.2) is 12.7 Å². The van der Waals surface area contributed by atoms with Crippen molar-refractivity contribution < 1.29 is 0 Å². The van der Waals surface area contributed by atoms with Gasteiger partial charge in [-0.15, -0.1) is 18.2 Å². The smallest absolute Gasteiger partial charge is 0.0245 e. The zero-order valence-corrected chi connectivity index (χ0v) is 6.90. The second-order valence-corrected chi connectivity index (χ2v) is 2.60. The van der Waals surface area contributed by atoms with Crippen molar-refractivity contribution in [2.24, 2.45) is 5.84 Å². The molecule has 0 radical (unpaired) electrons. The third-order valence-electron chi connectivity index (χ3n) is 1.37. The third-order valence-corrected chi connectivity index (χ3v) is 1.64. The van der Waals surface area contributed by atoms with Gasteiger partial charge in [0, 0.05) is 11.9 Å². The van der Waals surface area contributed by atoms with Gasteiger partial charge in [0.1, 0.15) is 0 Å². The number of nitrogens with two attached hydrogens (primary N) is 1. The highest BCUT2D eigenvalue weighted by molar-refractivity contribution is 6.17. The summed E-state index contributed by atoms with van der Waals surface area (Å²) in [5.74, 6) is 5.96. The summed E-state index contributed by atoms with van der Waals surface area (Å²) >= 11 is 5.51. The molecule has 0 aromatic heterocycles. The molecular weight excluding hydrogens is 148 g/mol. The summed E-state index contributed by atoms with van der Waals surface area (Å²) in [5.41, 5.74) is 2.71. The molecule has 0 rings (SSSR count). The van der Waals surface area contributed by atoms with E-state index in [-0.39, 0.29) is 0 Å². The quantitative estimate of drug-likeness (QED) is 0.268. The molecule has 3 heteroatoms. The van der Waals surface area contributed by atoms with Gasteiger partial charge < -0.3 is 0 Å². The van der Waals surface area contributed by atoms with Gasteiger partial charge in [-0.25, -0.2) is 0 Å². The Balaban J connectivity index is 3.29. The lowest BCUT2D eigenvalue weighted by Crippen LogP contribution is -2.34. The van der Waals surface area contributed by atoms with E-state index < -0.39 is 0 Å². The van der Waals surface area contributed by atoms with Crippen LogP contribution in [-0.2, 0) is 0 Å². The monoisotopic (exact) mass is 162 g/mol. The number of hydrazine groups is 1. The van der Waals surface area contributed by atoms with E-state index in [1.807, 2.05) is 6.08 Å². The Morgan fingerprint density at radius 1 is 1.70 bits per heavy atom. The largest absolute Gasteiger partial charge is 0.271 e. The Bertz CT molecular complexity index is 85.7. The van der Waals surface area contributed by atoms with Crippen LogP contribution in [0.5, 0.6) is 0 Å². The molecule has 0 aliphatic rings. The van der Waals surface area contributed by atoms with Gasteiger partial charge in [0.15, 0.2) is 0 Å². The summed E-state index contributed by atoms with van der Waals surface area (Å²) < 4.78 is 0. The van der Waals surface area contributed by atoms with E-state index in [0.717, 1.165) is 19.3 Å². The van der Waals surface area contributed by atoms with Crippen LogP contribution in [-0.4, -0.2) is 11.9 Å². The number of hydrogen-bond acceptors (Lipinski definition) is 2. The maximum absolute atomic E-state index is 5.51. The van der Waals surface area contributed by atoms with Crippen LogP contribution in [0.25, 0.3) is 0 Å². The van der Waals surface area contributed by atoms with Crippen LogP contribution >= 0.6 is 11.6 Å². The van der Waals surface area contributed by atoms with Crippen LogP contribution in [0.4, 0.5) is 0 Å². The van der Waals surface area contributed by atoms with Crippen molar-refractivity contribution in [3.63, 3.8) is 0 Å². The molecule has 1 atom stereocenters. The van der Waals surface area contributed by atoms with E-state index in [1.54, 1.807) is 0 Å². The van der Waals surface area contributed by atoms with Gasteiger partial charge in [-0.05, 0) is 19.3 Å². The van der Waals surface area contributed by atoms with Gasteiger partial charge in [-0.3, -0.25) is 11.3 Å². The summed E-state index contributed by atoms with van der Waals surface area (Å²) in [6, 6.07) is 0.344. The predicted octanol–water partition coefficient (Wildman–Crippen LogP) is 1.41. The molecule has 2 nitrogen and oxygen atoms in total. The van der Waals surface area contributed by atoms with Crippen LogP contribution < -0.4 is 11.3 Å². The van der Waals surface area contributed by atoms with Crippen molar-refractivity contribution in [3.8, 4) is 0 Å². The summed E-state index contributed by atoms with van der Waals surface area (Å²) in [6.07, 6.45) is 4.79. The fourth-order valence-corrected chi connectivity index (χ4v) is 0.948. The maximum atomic E-state index is 5.51. The topological polar surface area (TPSA) is 38.0 Å². The maximum Gasteiger partial charge on any atom is 0.0245 e. The summed E-state index contributed by atoms with van der Waals surface area (Å²) in [4.78, 5) is 0. The Kier molecular flexibility index (Phi) is 7.03. The molecule has 3 N–H and O–H groups in total. The van der Waals surface area contributed by atoms with E-state index in [9.17, 15) is 0 Å². The molecule has 0 saturated heterocycles. The number of halogens is 1. The van der Waals surface area contributed by atoms with Gasteiger partial charge >= 0.3 is 0 Å². The molecular formula is C7H15ClN2. The Hall–Kier alpha value is -0.0500. The lowest BCUT2D eigenvalue weighted by Gasteiger charge is -2.11. The number of nitrogens with one attached hydrogen (secondary N) is 1. The van der Waals surface area contributed by atoms with Gasteiger partial charge in [-0.2, -0.15) is 0 Å². The fraction of sp³-hybridized carbons (Fsp3) is 0.714. The minimum atomic E-state index is 0.344. The van der Waals surface area contributed by atoms with Crippen molar-refractivity contribution in [3.05, 3.63) is 12.7 Å². The highest BCUT2D eigenvalue weighted by Crippen LogP contribution is 2.01. The molecule has 0 amide bonds. The van der Waals surface area contributed by atoms with E-state index in [4.69, 9.17) is 17.4 Å². The first-order chi connectivity index (χ1) is 4.85. The third kappa shape index (κ3) is 4.79. The van der Waals surface area contributed by atoms with E-state index >= 15 is 0 Å². The predicted molar refractivity (Wildman–Crippen MR) is 45.9 cm³/mol. The standard InChI is InChI=1S/C7H15ClN2/c1-2-4-7(10-9)5-3-6-8/h2,7,10H,1,3-6,9H2. The molecule has 10 heavy (non-hydrogen) atoms. The molecule has 0 aliphatic carbocycles. The van der Waals surface area contributed by atoms with Crippen LogP contribution in [0.3, 0.4) is 0 Å². The first kappa shape index (κ1) is 9.95. The Morgan fingerprint density at radius 2 is 2.40 bits per heavy atom. The van der Waals surface area contributed by atoms with Crippen molar-refractivity contribution in [2.45, 2.75) is 25.3 Å². The van der Waals surface area contributed by atoms with Crippen LogP contribution in [0.1, 0.15) is 19.3 Å². The van der Waals surface area contributed by atoms with Crippen LogP contribution in [0, 0.1) is 0 Å². The Morgan fingerprint density at radius 3 is 2.80 bits per heavy atom. The average molecular weight is 163 g/mol. The van der Waals surface area contributed by atoms with Crippen molar-refractivity contribution in [1.82, 2.24) is 5.43 Å². The number of alkyl halides is 1. The fourth-order valence-electron chi connectivity index (χ4n) is 0.794. The second kappa shape index (κ2) is 7.06. The Labute approximate surface area is 67.4 Å². The van der Waals surface area contributed by atoms with Crippen LogP contribution in [0.2, 0.25) is 0 Å². The molecule has 0 aliphatic heterocycles. The lowest BCUT2D eigenvalue weighted by molar-refractivity contribution is 0.494. The van der Waals surface area contributed by atoms with Crippen molar-refractivity contribution in [1.29, 1.82) is 0 Å². The normalized spacial score (nSPS) is 13.0. The van der Waals surface area contributed by atoms with Crippen molar-refractivity contribution in [2.75, 3.05) is 5.88 Å². The highest BCUT2D eigenvalue weighted by atomic mass is 35.5. The van der Waals surface area contributed by atoms with E-state index in [0.29, 0.717) is 11.9 Å². The van der Waals surface area contributed by atoms with Gasteiger partial charge in [-0.1, -0.05) is 6.08 Å². The average Bonchev–Trinajstić information content (AvgIpc) is 1.98. The molecule has 0 aromatic carbocycles. The second-order valence-electron chi connectivity index (χ2n) is 2.22. The van der Waals surface area contributed by atoms with E-state index in [1.165, 1.54) is 0 Å². The molecule has 0 fully saturated rings. The van der Waals surface area contributed by atoms with E-state index in [2.05, 4.69) is 12.0 Å². The number of rotatable bonds is 6. The SMILES string of the molecule is C=CCC(CCCCl)NN. The minimum Gasteiger partial charge on any atom is -0.271 e. The molecule has 60 valence electrons. The van der Waals surface area contributed by atoms with Crippen molar-refractivity contribution >= 4 is 11.6 Å². The van der Waals surface area contributed by atoms with Gasteiger partial charge in [0.05, 0.1) is 0 Å². The summed E-state index contributed by atoms with van der Waals surface area (Å²) in [7, 11) is 0. The molecule has 1 unspecified atom stereocenters.